The molecule has 0 fully saturated rings. The quantitative estimate of drug-likeness (QED) is 0.392. The van der Waals surface area contributed by atoms with Gasteiger partial charge in [-0.05, 0) is 48.5 Å². The fourth-order valence-electron chi connectivity index (χ4n) is 2.77. The number of benzene rings is 3. The summed E-state index contributed by atoms with van der Waals surface area (Å²) in [5.74, 6) is 1.30. The molecule has 0 saturated heterocycles. The number of amides is 1. The molecule has 3 aromatic carbocycles. The van der Waals surface area contributed by atoms with Gasteiger partial charge >= 0.3 is 0 Å². The van der Waals surface area contributed by atoms with Crippen molar-refractivity contribution < 1.29 is 14.3 Å². The minimum atomic E-state index is -0.133. The zero-order valence-corrected chi connectivity index (χ0v) is 17.4. The van der Waals surface area contributed by atoms with Crippen molar-refractivity contribution in [1.29, 1.82) is 0 Å². The first-order valence-electron chi connectivity index (χ1n) is 9.75. The van der Waals surface area contributed by atoms with Crippen LogP contribution < -0.4 is 20.1 Å². The monoisotopic (exact) mass is 420 g/mol. The second-order valence-electron chi connectivity index (χ2n) is 6.49. The number of nitrogens with one attached hydrogen (secondary N) is 2. The maximum Gasteiger partial charge on any atom is 0.226 e. The van der Waals surface area contributed by atoms with Crippen LogP contribution in [-0.4, -0.2) is 24.2 Å². The van der Waals surface area contributed by atoms with Crippen molar-refractivity contribution in [1.82, 2.24) is 5.32 Å². The minimum Gasteiger partial charge on any atom is -0.490 e. The van der Waals surface area contributed by atoms with Gasteiger partial charge in [0.15, 0.2) is 5.11 Å². The predicted octanol–water partition coefficient (Wildman–Crippen LogP) is 4.59. The van der Waals surface area contributed by atoms with E-state index in [-0.39, 0.29) is 11.0 Å². The molecule has 0 radical (unpaired) electrons. The summed E-state index contributed by atoms with van der Waals surface area (Å²) in [6, 6.07) is 26.9. The summed E-state index contributed by atoms with van der Waals surface area (Å²) in [5, 5.41) is 5.99. The van der Waals surface area contributed by atoms with Crippen molar-refractivity contribution in [3.63, 3.8) is 0 Å². The number of thiocarbonyl (C=S) groups is 1. The molecule has 2 N–H and O–H groups in total. The lowest BCUT2D eigenvalue weighted by molar-refractivity contribution is -0.119. The first kappa shape index (κ1) is 21.3. The normalized spacial score (nSPS) is 10.1. The van der Waals surface area contributed by atoms with E-state index in [0.717, 1.165) is 11.3 Å². The summed E-state index contributed by atoms with van der Waals surface area (Å²) < 4.78 is 11.4. The molecule has 0 bridgehead atoms. The zero-order valence-electron chi connectivity index (χ0n) is 16.5. The van der Waals surface area contributed by atoms with Crippen LogP contribution in [0.25, 0.3) is 0 Å². The van der Waals surface area contributed by atoms with Gasteiger partial charge in [0.25, 0.3) is 0 Å². The zero-order chi connectivity index (χ0) is 21.0. The number of rotatable bonds is 9. The highest BCUT2D eigenvalue weighted by Gasteiger charge is 2.08. The fraction of sp³-hybridized carbons (Fsp3) is 0.167. The molecule has 0 heterocycles. The van der Waals surface area contributed by atoms with Crippen molar-refractivity contribution in [2.75, 3.05) is 18.5 Å². The van der Waals surface area contributed by atoms with Crippen LogP contribution in [0.15, 0.2) is 84.9 Å². The Kier molecular flexibility index (Phi) is 8.23. The number of anilines is 1. The summed E-state index contributed by atoms with van der Waals surface area (Å²) in [5.41, 5.74) is 1.80. The van der Waals surface area contributed by atoms with Crippen molar-refractivity contribution >= 4 is 28.9 Å². The Morgan fingerprint density at radius 1 is 0.800 bits per heavy atom. The van der Waals surface area contributed by atoms with Crippen LogP contribution in [0.3, 0.4) is 0 Å². The summed E-state index contributed by atoms with van der Waals surface area (Å²) in [6.45, 7) is 0.794. The van der Waals surface area contributed by atoms with Gasteiger partial charge < -0.3 is 20.1 Å². The molecule has 0 aliphatic heterocycles. The van der Waals surface area contributed by atoms with Gasteiger partial charge in [-0.1, -0.05) is 60.7 Å². The Morgan fingerprint density at radius 3 is 2.20 bits per heavy atom. The van der Waals surface area contributed by atoms with Crippen LogP contribution in [0.4, 0.5) is 5.69 Å². The standard InChI is InChI=1S/C24H24N2O3S/c27-23(16-15-19-9-3-1-4-10-19)26-24(30)25-21-13-7-8-14-22(21)29-18-17-28-20-11-5-2-6-12-20/h1-14H,15-18H2,(H2,25,26,27,30). The van der Waals surface area contributed by atoms with E-state index in [4.69, 9.17) is 21.7 Å². The van der Waals surface area contributed by atoms with Crippen LogP contribution in [-0.2, 0) is 11.2 Å². The largest absolute Gasteiger partial charge is 0.490 e. The van der Waals surface area contributed by atoms with Crippen molar-refractivity contribution in [2.24, 2.45) is 0 Å². The summed E-state index contributed by atoms with van der Waals surface area (Å²) in [6.07, 6.45) is 1.03. The van der Waals surface area contributed by atoms with E-state index in [9.17, 15) is 4.79 Å². The maximum absolute atomic E-state index is 12.2. The van der Waals surface area contributed by atoms with E-state index in [1.165, 1.54) is 0 Å². The van der Waals surface area contributed by atoms with Gasteiger partial charge in [-0.2, -0.15) is 0 Å². The number of hydrogen-bond acceptors (Lipinski definition) is 4. The van der Waals surface area contributed by atoms with Crippen LogP contribution in [0, 0.1) is 0 Å². The summed E-state index contributed by atoms with van der Waals surface area (Å²) in [7, 11) is 0. The van der Waals surface area contributed by atoms with Crippen LogP contribution in [0.5, 0.6) is 11.5 Å². The van der Waals surface area contributed by atoms with Gasteiger partial charge in [0.05, 0.1) is 5.69 Å². The Bertz CT molecular complexity index is 949. The average molecular weight is 421 g/mol. The van der Waals surface area contributed by atoms with Crippen LogP contribution in [0.1, 0.15) is 12.0 Å². The Morgan fingerprint density at radius 2 is 1.43 bits per heavy atom. The van der Waals surface area contributed by atoms with Gasteiger partial charge in [-0.15, -0.1) is 0 Å². The molecule has 1 amide bonds. The lowest BCUT2D eigenvalue weighted by Gasteiger charge is -2.14. The molecule has 5 nitrogen and oxygen atoms in total. The highest BCUT2D eigenvalue weighted by Crippen LogP contribution is 2.23. The lowest BCUT2D eigenvalue weighted by atomic mass is 10.1. The second-order valence-corrected chi connectivity index (χ2v) is 6.90. The Labute approximate surface area is 182 Å². The number of carbonyl (C=O) groups is 1. The smallest absolute Gasteiger partial charge is 0.226 e. The highest BCUT2D eigenvalue weighted by molar-refractivity contribution is 7.80. The lowest BCUT2D eigenvalue weighted by Crippen LogP contribution is -2.34. The van der Waals surface area contributed by atoms with E-state index in [0.29, 0.717) is 37.5 Å². The Balaban J connectivity index is 1.44. The first-order valence-corrected chi connectivity index (χ1v) is 10.2. The number of ether oxygens (including phenoxy) is 2. The molecule has 30 heavy (non-hydrogen) atoms. The molecular formula is C24H24N2O3S. The molecule has 154 valence electrons. The molecule has 3 aromatic rings. The first-order chi connectivity index (χ1) is 14.7. The van der Waals surface area contributed by atoms with Gasteiger partial charge in [-0.25, -0.2) is 0 Å². The van der Waals surface area contributed by atoms with E-state index >= 15 is 0 Å². The van der Waals surface area contributed by atoms with E-state index < -0.39 is 0 Å². The summed E-state index contributed by atoms with van der Waals surface area (Å²) >= 11 is 5.28. The minimum absolute atomic E-state index is 0.133. The van der Waals surface area contributed by atoms with Gasteiger partial charge in [0.2, 0.25) is 5.91 Å². The molecule has 0 unspecified atom stereocenters. The van der Waals surface area contributed by atoms with Gasteiger partial charge in [0, 0.05) is 6.42 Å². The molecule has 0 aromatic heterocycles. The number of aryl methyl sites for hydroxylation is 1. The second kappa shape index (κ2) is 11.6. The third-order valence-electron chi connectivity index (χ3n) is 4.22. The third kappa shape index (κ3) is 7.22. The SMILES string of the molecule is O=C(CCc1ccccc1)NC(=S)Nc1ccccc1OCCOc1ccccc1. The van der Waals surface area contributed by atoms with Crippen molar-refractivity contribution in [3.05, 3.63) is 90.5 Å². The van der Waals surface area contributed by atoms with Crippen molar-refractivity contribution in [2.45, 2.75) is 12.8 Å². The molecule has 0 atom stereocenters. The van der Waals surface area contributed by atoms with Gasteiger partial charge in [0.1, 0.15) is 24.7 Å². The van der Waals surface area contributed by atoms with Gasteiger partial charge in [-0.3, -0.25) is 4.79 Å². The maximum atomic E-state index is 12.2. The van der Waals surface area contributed by atoms with Crippen molar-refractivity contribution in [3.8, 4) is 11.5 Å². The molecular weight excluding hydrogens is 396 g/mol. The third-order valence-corrected chi connectivity index (χ3v) is 4.43. The topological polar surface area (TPSA) is 59.6 Å². The summed E-state index contributed by atoms with van der Waals surface area (Å²) in [4.78, 5) is 12.2. The number of para-hydroxylation sites is 3. The van der Waals surface area contributed by atoms with E-state index in [1.54, 1.807) is 0 Å². The Hall–Kier alpha value is -3.38. The van der Waals surface area contributed by atoms with Crippen LogP contribution >= 0.6 is 12.2 Å². The fourth-order valence-corrected chi connectivity index (χ4v) is 2.99. The molecule has 0 saturated carbocycles. The molecule has 3 rings (SSSR count). The van der Waals surface area contributed by atoms with E-state index in [2.05, 4.69) is 10.6 Å². The highest BCUT2D eigenvalue weighted by atomic mass is 32.1. The van der Waals surface area contributed by atoms with Crippen LogP contribution in [0.2, 0.25) is 0 Å². The molecule has 0 aliphatic carbocycles. The number of carbonyl (C=O) groups excluding carboxylic acids is 1. The average Bonchev–Trinajstić information content (AvgIpc) is 2.78. The molecule has 0 spiro atoms. The predicted molar refractivity (Wildman–Crippen MR) is 123 cm³/mol. The van der Waals surface area contributed by atoms with E-state index in [1.807, 2.05) is 84.9 Å². The molecule has 0 aliphatic rings. The number of hydrogen-bond donors (Lipinski definition) is 2. The molecule has 6 heteroatoms.